The van der Waals surface area contributed by atoms with Crippen LogP contribution in [0.4, 0.5) is 0 Å². The monoisotopic (exact) mass is 356 g/mol. The van der Waals surface area contributed by atoms with E-state index in [2.05, 4.69) is 15.9 Å². The third kappa shape index (κ3) is 3.18. The van der Waals surface area contributed by atoms with Gasteiger partial charge in [-0.25, -0.2) is 9.59 Å². The Bertz CT molecular complexity index is 625. The second-order valence-corrected chi connectivity index (χ2v) is 5.64. The number of rotatable bonds is 2. The van der Waals surface area contributed by atoms with Crippen molar-refractivity contribution in [1.29, 1.82) is 0 Å². The lowest BCUT2D eigenvalue weighted by molar-refractivity contribution is -0.222. The van der Waals surface area contributed by atoms with Crippen LogP contribution in [-0.4, -0.2) is 29.9 Å². The molecule has 0 radical (unpaired) electrons. The minimum absolute atomic E-state index is 0.120. The number of ether oxygens (including phenoxy) is 3. The topological polar surface area (TPSA) is 82.1 Å². The Labute approximate surface area is 129 Å². The molecule has 1 aromatic rings. The third-order valence-corrected chi connectivity index (χ3v) is 3.40. The number of halogens is 1. The zero-order valence-corrected chi connectivity index (χ0v) is 13.2. The summed E-state index contributed by atoms with van der Waals surface area (Å²) in [5.74, 6) is -2.70. The highest BCUT2D eigenvalue weighted by Gasteiger charge is 2.38. The molecule has 1 fully saturated rings. The van der Waals surface area contributed by atoms with Gasteiger partial charge in [0, 0.05) is 18.3 Å². The van der Waals surface area contributed by atoms with Crippen LogP contribution in [0.25, 0.3) is 6.08 Å². The van der Waals surface area contributed by atoms with Gasteiger partial charge >= 0.3 is 11.9 Å². The van der Waals surface area contributed by atoms with Crippen LogP contribution in [0.2, 0.25) is 0 Å². The van der Waals surface area contributed by atoms with E-state index in [1.54, 1.807) is 0 Å². The fourth-order valence-electron chi connectivity index (χ4n) is 1.77. The second-order valence-electron chi connectivity index (χ2n) is 4.78. The minimum atomic E-state index is -1.29. The Morgan fingerprint density at radius 3 is 2.33 bits per heavy atom. The Kier molecular flexibility index (Phi) is 3.95. The molecule has 0 aliphatic carbocycles. The Morgan fingerprint density at radius 1 is 1.24 bits per heavy atom. The van der Waals surface area contributed by atoms with Gasteiger partial charge in [-0.3, -0.25) is 0 Å². The highest BCUT2D eigenvalue weighted by molar-refractivity contribution is 9.10. The van der Waals surface area contributed by atoms with Gasteiger partial charge in [0.25, 0.3) is 5.79 Å². The number of phenolic OH excluding ortho intramolecular Hbond substituents is 1. The molecule has 6 nitrogen and oxygen atoms in total. The van der Waals surface area contributed by atoms with E-state index in [1.165, 1.54) is 39.2 Å². The normalized spacial score (nSPS) is 17.0. The molecule has 1 aliphatic heterocycles. The highest BCUT2D eigenvalue weighted by atomic mass is 79.9. The lowest BCUT2D eigenvalue weighted by Crippen LogP contribution is -2.41. The maximum Gasteiger partial charge on any atom is 0.348 e. The van der Waals surface area contributed by atoms with Crippen molar-refractivity contribution in [3.05, 3.63) is 27.7 Å². The predicted molar refractivity (Wildman–Crippen MR) is 76.6 cm³/mol. The summed E-state index contributed by atoms with van der Waals surface area (Å²) < 4.78 is 15.5. The van der Waals surface area contributed by atoms with E-state index in [-0.39, 0.29) is 17.1 Å². The Morgan fingerprint density at radius 2 is 1.81 bits per heavy atom. The molecular formula is C14H13BrO6. The average Bonchev–Trinajstić information content (AvgIpc) is 2.36. The van der Waals surface area contributed by atoms with Crippen molar-refractivity contribution in [3.8, 4) is 11.5 Å². The second kappa shape index (κ2) is 5.40. The van der Waals surface area contributed by atoms with Crippen LogP contribution in [0.15, 0.2) is 22.2 Å². The lowest BCUT2D eigenvalue weighted by Gasteiger charge is -2.29. The molecule has 112 valence electrons. The fraction of sp³-hybridized carbons (Fsp3) is 0.286. The molecule has 1 heterocycles. The molecule has 0 bridgehead atoms. The summed E-state index contributed by atoms with van der Waals surface area (Å²) in [6.07, 6.45) is 1.28. The van der Waals surface area contributed by atoms with E-state index in [0.29, 0.717) is 10.0 Å². The number of carbonyl (C=O) groups is 2. The number of benzene rings is 1. The van der Waals surface area contributed by atoms with Gasteiger partial charge in [0.15, 0.2) is 11.5 Å². The van der Waals surface area contributed by atoms with Crippen molar-refractivity contribution in [2.75, 3.05) is 7.11 Å². The maximum atomic E-state index is 11.9. The van der Waals surface area contributed by atoms with Gasteiger partial charge in [0.1, 0.15) is 5.57 Å². The average molecular weight is 357 g/mol. The first-order valence-corrected chi connectivity index (χ1v) is 6.77. The smallest absolute Gasteiger partial charge is 0.348 e. The van der Waals surface area contributed by atoms with Crippen molar-refractivity contribution in [3.63, 3.8) is 0 Å². The first kappa shape index (κ1) is 15.4. The van der Waals surface area contributed by atoms with E-state index in [4.69, 9.17) is 14.2 Å². The zero-order valence-electron chi connectivity index (χ0n) is 11.6. The standard InChI is InChI=1S/C14H13BrO6/c1-14(2)20-12(17)8(13(18)21-14)4-7-5-10(16)11(19-3)6-9(7)15/h4-6,16H,1-3H3. The summed E-state index contributed by atoms with van der Waals surface area (Å²) in [5, 5.41) is 9.75. The van der Waals surface area contributed by atoms with Crippen LogP contribution < -0.4 is 4.74 Å². The third-order valence-electron chi connectivity index (χ3n) is 2.71. The van der Waals surface area contributed by atoms with Gasteiger partial charge in [0.05, 0.1) is 7.11 Å². The number of methoxy groups -OCH3 is 1. The number of carbonyl (C=O) groups excluding carboxylic acids is 2. The van der Waals surface area contributed by atoms with Crippen LogP contribution in [0.1, 0.15) is 19.4 Å². The molecule has 1 saturated heterocycles. The van der Waals surface area contributed by atoms with Crippen LogP contribution in [0.3, 0.4) is 0 Å². The SMILES string of the molecule is COc1cc(Br)c(C=C2C(=O)OC(C)(C)OC2=O)cc1O. The fourth-order valence-corrected chi connectivity index (χ4v) is 2.20. The summed E-state index contributed by atoms with van der Waals surface area (Å²) in [4.78, 5) is 23.7. The molecule has 2 rings (SSSR count). The van der Waals surface area contributed by atoms with Crippen molar-refractivity contribution < 1.29 is 28.9 Å². The van der Waals surface area contributed by atoms with Gasteiger partial charge in [-0.15, -0.1) is 0 Å². The van der Waals surface area contributed by atoms with E-state index in [1.807, 2.05) is 0 Å². The maximum absolute atomic E-state index is 11.9. The first-order valence-electron chi connectivity index (χ1n) is 5.98. The Hall–Kier alpha value is -2.02. The van der Waals surface area contributed by atoms with Crippen LogP contribution in [0.5, 0.6) is 11.5 Å². The lowest BCUT2D eigenvalue weighted by atomic mass is 10.1. The minimum Gasteiger partial charge on any atom is -0.504 e. The number of phenols is 1. The first-order chi connectivity index (χ1) is 9.73. The Balaban J connectivity index is 2.42. The van der Waals surface area contributed by atoms with Gasteiger partial charge < -0.3 is 19.3 Å². The molecular weight excluding hydrogens is 344 g/mol. The molecule has 1 N–H and O–H groups in total. The largest absolute Gasteiger partial charge is 0.504 e. The van der Waals surface area contributed by atoms with Gasteiger partial charge in [-0.1, -0.05) is 15.9 Å². The van der Waals surface area contributed by atoms with E-state index >= 15 is 0 Å². The molecule has 1 aliphatic rings. The van der Waals surface area contributed by atoms with E-state index < -0.39 is 17.7 Å². The molecule has 1 aromatic carbocycles. The molecule has 0 unspecified atom stereocenters. The number of aromatic hydroxyl groups is 1. The van der Waals surface area contributed by atoms with Crippen molar-refractivity contribution in [1.82, 2.24) is 0 Å². The quantitative estimate of drug-likeness (QED) is 0.497. The van der Waals surface area contributed by atoms with Crippen molar-refractivity contribution in [2.45, 2.75) is 19.6 Å². The van der Waals surface area contributed by atoms with Crippen LogP contribution in [-0.2, 0) is 19.1 Å². The number of esters is 2. The molecule has 0 spiro atoms. The number of hydrogen-bond acceptors (Lipinski definition) is 6. The van der Waals surface area contributed by atoms with Gasteiger partial charge in [-0.05, 0) is 23.8 Å². The van der Waals surface area contributed by atoms with E-state index in [9.17, 15) is 14.7 Å². The summed E-state index contributed by atoms with van der Waals surface area (Å²) in [6, 6.07) is 2.88. The molecule has 21 heavy (non-hydrogen) atoms. The molecule has 7 heteroatoms. The summed E-state index contributed by atoms with van der Waals surface area (Å²) in [6.45, 7) is 2.93. The van der Waals surface area contributed by atoms with Crippen molar-refractivity contribution in [2.24, 2.45) is 0 Å². The number of cyclic esters (lactones) is 2. The molecule has 0 saturated carbocycles. The van der Waals surface area contributed by atoms with Crippen molar-refractivity contribution >= 4 is 33.9 Å². The molecule has 0 amide bonds. The van der Waals surface area contributed by atoms with E-state index in [0.717, 1.165) is 0 Å². The number of hydrogen-bond donors (Lipinski definition) is 1. The molecule has 0 atom stereocenters. The highest BCUT2D eigenvalue weighted by Crippen LogP contribution is 2.34. The summed E-state index contributed by atoms with van der Waals surface area (Å²) >= 11 is 3.27. The summed E-state index contributed by atoms with van der Waals surface area (Å²) in [5.41, 5.74) is 0.163. The predicted octanol–water partition coefficient (Wildman–Crippen LogP) is 2.38. The van der Waals surface area contributed by atoms with Crippen LogP contribution >= 0.6 is 15.9 Å². The van der Waals surface area contributed by atoms with Gasteiger partial charge in [-0.2, -0.15) is 0 Å². The summed E-state index contributed by atoms with van der Waals surface area (Å²) in [7, 11) is 1.41. The molecule has 0 aromatic heterocycles. The zero-order chi connectivity index (χ0) is 15.8. The van der Waals surface area contributed by atoms with Gasteiger partial charge in [0.2, 0.25) is 0 Å². The van der Waals surface area contributed by atoms with Crippen LogP contribution in [0, 0.1) is 0 Å².